The lowest BCUT2D eigenvalue weighted by Gasteiger charge is -2.24. The van der Waals surface area contributed by atoms with Gasteiger partial charge < -0.3 is 43.4 Å². The molecule has 4 atom stereocenters. The second kappa shape index (κ2) is 16.7. The lowest BCUT2D eigenvalue weighted by Crippen LogP contribution is -2.57. The third-order valence-corrected chi connectivity index (χ3v) is 5.06. The zero-order chi connectivity index (χ0) is 26.3. The second-order valence-corrected chi connectivity index (χ2v) is 7.90. The number of aliphatic carboxylic acids is 2. The number of carboxylic acids is 2. The van der Waals surface area contributed by atoms with Gasteiger partial charge >= 0.3 is 11.9 Å². The maximum atomic E-state index is 12.7. The lowest BCUT2D eigenvalue weighted by molar-refractivity contribution is -0.142. The van der Waals surface area contributed by atoms with E-state index in [4.69, 9.17) is 22.3 Å². The molecule has 0 radical (unpaired) electrons. The molecule has 0 aliphatic carbocycles. The van der Waals surface area contributed by atoms with Gasteiger partial charge in [-0.15, -0.1) is 0 Å². The topological polar surface area (TPSA) is 257 Å². The van der Waals surface area contributed by atoms with Crippen LogP contribution in [0.15, 0.2) is 0 Å². The van der Waals surface area contributed by atoms with E-state index in [1.165, 1.54) is 0 Å². The van der Waals surface area contributed by atoms with Gasteiger partial charge in [-0.25, -0.2) is 4.79 Å². The summed E-state index contributed by atoms with van der Waals surface area (Å²) in [6.07, 6.45) is 0.110. The number of primary amides is 1. The number of amides is 4. The van der Waals surface area contributed by atoms with Crippen molar-refractivity contribution in [3.8, 4) is 0 Å². The number of nitrogens with one attached hydrogen (secondary N) is 3. The maximum absolute atomic E-state index is 12.7. The van der Waals surface area contributed by atoms with Crippen molar-refractivity contribution < 1.29 is 39.0 Å². The molecule has 14 nitrogen and oxygen atoms in total. The highest BCUT2D eigenvalue weighted by atomic mass is 32.1. The minimum atomic E-state index is -1.32. The molecule has 0 aromatic heterocycles. The van der Waals surface area contributed by atoms with Gasteiger partial charge in [0, 0.05) is 18.6 Å². The number of unbranched alkanes of at least 4 members (excludes halogenated alkanes) is 1. The minimum Gasteiger partial charge on any atom is -0.481 e. The van der Waals surface area contributed by atoms with E-state index < -0.39 is 59.7 Å². The Morgan fingerprint density at radius 3 is 1.82 bits per heavy atom. The van der Waals surface area contributed by atoms with E-state index in [0.717, 1.165) is 0 Å². The zero-order valence-electron chi connectivity index (χ0n) is 18.7. The van der Waals surface area contributed by atoms with E-state index in [1.54, 1.807) is 0 Å². The Labute approximate surface area is 202 Å². The molecule has 4 unspecified atom stereocenters. The van der Waals surface area contributed by atoms with E-state index >= 15 is 0 Å². The summed E-state index contributed by atoms with van der Waals surface area (Å²) < 4.78 is 0. The van der Waals surface area contributed by atoms with Gasteiger partial charge in [0.15, 0.2) is 0 Å². The maximum Gasteiger partial charge on any atom is 0.326 e. The van der Waals surface area contributed by atoms with Crippen molar-refractivity contribution in [1.82, 2.24) is 16.0 Å². The van der Waals surface area contributed by atoms with Crippen molar-refractivity contribution in [1.29, 1.82) is 0 Å². The molecule has 0 fully saturated rings. The number of hydrogen-bond donors (Lipinski definition) is 9. The van der Waals surface area contributed by atoms with Gasteiger partial charge in [-0.1, -0.05) is 0 Å². The summed E-state index contributed by atoms with van der Waals surface area (Å²) >= 11 is 4.00. The summed E-state index contributed by atoms with van der Waals surface area (Å²) in [5.41, 5.74) is 16.1. The van der Waals surface area contributed by atoms with Gasteiger partial charge in [0.1, 0.15) is 18.1 Å². The molecule has 0 aliphatic rings. The largest absolute Gasteiger partial charge is 0.481 e. The third-order valence-electron chi connectivity index (χ3n) is 4.70. The Kier molecular flexibility index (Phi) is 15.2. The van der Waals surface area contributed by atoms with Crippen LogP contribution in [0.5, 0.6) is 0 Å². The van der Waals surface area contributed by atoms with Crippen molar-refractivity contribution in [2.75, 3.05) is 12.3 Å². The predicted octanol–water partition coefficient (Wildman–Crippen LogP) is -2.96. The number of hydrogen-bond acceptors (Lipinski definition) is 9. The Bertz CT molecular complexity index is 738. The molecule has 0 saturated heterocycles. The molecule has 15 heteroatoms. The first-order valence-corrected chi connectivity index (χ1v) is 11.3. The van der Waals surface area contributed by atoms with Gasteiger partial charge in [-0.05, 0) is 38.6 Å². The summed E-state index contributed by atoms with van der Waals surface area (Å²) in [7, 11) is 0. The molecule has 34 heavy (non-hydrogen) atoms. The average Bonchev–Trinajstić information content (AvgIpc) is 2.76. The van der Waals surface area contributed by atoms with Crippen molar-refractivity contribution in [2.45, 2.75) is 69.1 Å². The van der Waals surface area contributed by atoms with Gasteiger partial charge in [0.05, 0.1) is 6.04 Å². The summed E-state index contributed by atoms with van der Waals surface area (Å²) in [5, 5.41) is 25.0. The first-order chi connectivity index (χ1) is 15.9. The standard InChI is InChI=1S/C19H34N6O8S/c20-8-2-1-3-12(19(32)33)24-17(30)11(5-6-14(22)26)23-18(31)13(9-34)25-16(29)10(21)4-7-15(27)28/h10-13,34H,1-9,20-21H2,(H2,22,26)(H,23,31)(H,24,30)(H,25,29)(H,27,28)(H,32,33). The van der Waals surface area contributed by atoms with Crippen LogP contribution in [-0.2, 0) is 28.8 Å². The molecule has 0 spiro atoms. The van der Waals surface area contributed by atoms with Crippen LogP contribution in [-0.4, -0.2) is 82.2 Å². The van der Waals surface area contributed by atoms with Crippen molar-refractivity contribution >= 4 is 48.2 Å². The zero-order valence-corrected chi connectivity index (χ0v) is 19.6. The first-order valence-electron chi connectivity index (χ1n) is 10.6. The molecule has 0 heterocycles. The fourth-order valence-corrected chi connectivity index (χ4v) is 2.99. The molecule has 0 aliphatic heterocycles. The summed E-state index contributed by atoms with van der Waals surface area (Å²) in [4.78, 5) is 70.8. The molecule has 0 saturated carbocycles. The fourth-order valence-electron chi connectivity index (χ4n) is 2.73. The number of carbonyl (C=O) groups excluding carboxylic acids is 4. The Morgan fingerprint density at radius 1 is 0.765 bits per heavy atom. The summed E-state index contributed by atoms with van der Waals surface area (Å²) in [5.74, 6) is -5.83. The van der Waals surface area contributed by atoms with E-state index in [2.05, 4.69) is 28.6 Å². The monoisotopic (exact) mass is 506 g/mol. The molecular formula is C19H34N6O8S. The van der Waals surface area contributed by atoms with E-state index in [9.17, 15) is 33.9 Å². The van der Waals surface area contributed by atoms with Crippen molar-refractivity contribution in [3.05, 3.63) is 0 Å². The summed E-state index contributed by atoms with van der Waals surface area (Å²) in [6, 6.07) is -4.99. The number of thiol groups is 1. The highest BCUT2D eigenvalue weighted by molar-refractivity contribution is 7.80. The minimum absolute atomic E-state index is 0.109. The molecule has 0 rings (SSSR count). The first kappa shape index (κ1) is 31.1. The Morgan fingerprint density at radius 2 is 1.32 bits per heavy atom. The molecule has 0 bridgehead atoms. The van der Waals surface area contributed by atoms with Crippen LogP contribution in [0, 0.1) is 0 Å². The van der Waals surface area contributed by atoms with Crippen LogP contribution in [0.2, 0.25) is 0 Å². The highest BCUT2D eigenvalue weighted by Crippen LogP contribution is 2.05. The molecule has 194 valence electrons. The van der Waals surface area contributed by atoms with E-state index in [0.29, 0.717) is 19.4 Å². The van der Waals surface area contributed by atoms with Gasteiger partial charge in [0.2, 0.25) is 23.6 Å². The van der Waals surface area contributed by atoms with Crippen LogP contribution in [0.3, 0.4) is 0 Å². The number of nitrogens with two attached hydrogens (primary N) is 3. The van der Waals surface area contributed by atoms with Crippen LogP contribution in [0.1, 0.15) is 44.9 Å². The van der Waals surface area contributed by atoms with Gasteiger partial charge in [-0.2, -0.15) is 12.6 Å². The number of carboxylic acid groups (broad SMARTS) is 2. The molecule has 0 aromatic carbocycles. The third kappa shape index (κ3) is 13.0. The van der Waals surface area contributed by atoms with Crippen LogP contribution in [0.25, 0.3) is 0 Å². The van der Waals surface area contributed by atoms with Crippen molar-refractivity contribution in [3.63, 3.8) is 0 Å². The lowest BCUT2D eigenvalue weighted by atomic mass is 10.1. The van der Waals surface area contributed by atoms with Crippen LogP contribution >= 0.6 is 12.6 Å². The second-order valence-electron chi connectivity index (χ2n) is 7.53. The normalized spacial score (nSPS) is 14.2. The van der Waals surface area contributed by atoms with E-state index in [1.807, 2.05) is 0 Å². The number of carbonyl (C=O) groups is 6. The van der Waals surface area contributed by atoms with Crippen LogP contribution < -0.4 is 33.2 Å². The summed E-state index contributed by atoms with van der Waals surface area (Å²) in [6.45, 7) is 0.356. The Hall–Kier alpha value is -2.91. The van der Waals surface area contributed by atoms with Gasteiger partial charge in [0.25, 0.3) is 0 Å². The fraction of sp³-hybridized carbons (Fsp3) is 0.684. The average molecular weight is 507 g/mol. The molecule has 4 amide bonds. The molecule has 0 aromatic rings. The Balaban J connectivity index is 5.27. The van der Waals surface area contributed by atoms with Crippen LogP contribution in [0.4, 0.5) is 0 Å². The van der Waals surface area contributed by atoms with Gasteiger partial charge in [-0.3, -0.25) is 24.0 Å². The smallest absolute Gasteiger partial charge is 0.326 e. The highest BCUT2D eigenvalue weighted by Gasteiger charge is 2.30. The van der Waals surface area contributed by atoms with E-state index in [-0.39, 0.29) is 37.9 Å². The SMILES string of the molecule is NCCCCC(NC(=O)C(CCC(N)=O)NC(=O)C(CS)NC(=O)C(N)CCC(=O)O)C(=O)O. The molecular weight excluding hydrogens is 472 g/mol. The quantitative estimate of drug-likeness (QED) is 0.0674. The predicted molar refractivity (Wildman–Crippen MR) is 123 cm³/mol. The molecule has 11 N–H and O–H groups in total. The van der Waals surface area contributed by atoms with Crippen molar-refractivity contribution in [2.24, 2.45) is 17.2 Å². The number of rotatable bonds is 18.